The average molecular weight is 346 g/mol. The molecule has 1 aliphatic carbocycles. The lowest BCUT2D eigenvalue weighted by Crippen LogP contribution is -1.84. The second-order valence-electron chi connectivity index (χ2n) is 4.08. The first-order valence-corrected chi connectivity index (χ1v) is 7.00. The lowest BCUT2D eigenvalue weighted by molar-refractivity contribution is 1.42. The Kier molecular flexibility index (Phi) is 4.76. The smallest absolute Gasteiger partial charge is 0.0130 e. The molecule has 0 spiro atoms. The summed E-state index contributed by atoms with van der Waals surface area (Å²) in [5.41, 5.74) is 3.85. The van der Waals surface area contributed by atoms with Gasteiger partial charge in [0.15, 0.2) is 0 Å². The predicted octanol–water partition coefficient (Wildman–Crippen LogP) is 5.47. The number of hydrogen-bond acceptors (Lipinski definition) is 0. The molecule has 0 aromatic heterocycles. The molecule has 0 saturated heterocycles. The molecule has 0 aliphatic heterocycles. The standard InChI is InChI=1S/C17H15I/c1-14-15-8-3-2-4-12-17(18)13-6-5-9-16(14)11-7-10-15/h2-13H,1H3/b4-2-,8-3+,9-5?,13-6+,17-12-. The van der Waals surface area contributed by atoms with Crippen LogP contribution in [0.2, 0.25) is 0 Å². The van der Waals surface area contributed by atoms with Gasteiger partial charge in [-0.25, -0.2) is 0 Å². The Balaban J connectivity index is 2.47. The fourth-order valence-corrected chi connectivity index (χ4v) is 2.18. The van der Waals surface area contributed by atoms with Crippen LogP contribution in [-0.2, 0) is 0 Å². The largest absolute Gasteiger partial charge is 0.0622 e. The third kappa shape index (κ3) is 3.57. The van der Waals surface area contributed by atoms with Crippen LogP contribution in [0.1, 0.15) is 16.7 Å². The number of halogens is 1. The van der Waals surface area contributed by atoms with Crippen molar-refractivity contribution in [1.82, 2.24) is 0 Å². The van der Waals surface area contributed by atoms with Crippen molar-refractivity contribution in [3.05, 3.63) is 81.0 Å². The second kappa shape index (κ2) is 6.55. The molecule has 0 unspecified atom stereocenters. The van der Waals surface area contributed by atoms with E-state index in [1.807, 2.05) is 0 Å². The van der Waals surface area contributed by atoms with E-state index >= 15 is 0 Å². The maximum Gasteiger partial charge on any atom is 0.0130 e. The minimum Gasteiger partial charge on any atom is -0.0622 e. The Morgan fingerprint density at radius 3 is 2.11 bits per heavy atom. The van der Waals surface area contributed by atoms with Crippen LogP contribution >= 0.6 is 22.6 Å². The average Bonchev–Trinajstić information content (AvgIpc) is 2.37. The summed E-state index contributed by atoms with van der Waals surface area (Å²) in [6.07, 6.45) is 18.9. The Morgan fingerprint density at radius 1 is 0.778 bits per heavy atom. The number of rotatable bonds is 0. The number of allylic oxidation sites excluding steroid dienone is 8. The van der Waals surface area contributed by atoms with Crippen LogP contribution in [0.4, 0.5) is 0 Å². The van der Waals surface area contributed by atoms with Crippen LogP contribution in [0.15, 0.2) is 64.3 Å². The minimum atomic E-state index is 1.21. The molecule has 2 rings (SSSR count). The number of hydrogen-bond donors (Lipinski definition) is 0. The first kappa shape index (κ1) is 13.1. The molecule has 0 saturated carbocycles. The summed E-state index contributed by atoms with van der Waals surface area (Å²) in [6.45, 7) is 2.16. The Bertz CT molecular complexity index is 569. The molecule has 0 radical (unpaired) electrons. The zero-order valence-electron chi connectivity index (χ0n) is 10.3. The molecule has 0 N–H and O–H groups in total. The highest BCUT2D eigenvalue weighted by Gasteiger charge is 1.97. The molecule has 0 nitrogen and oxygen atoms in total. The highest BCUT2D eigenvalue weighted by Crippen LogP contribution is 2.17. The zero-order chi connectivity index (χ0) is 12.8. The Labute approximate surface area is 122 Å². The van der Waals surface area contributed by atoms with E-state index in [1.54, 1.807) is 0 Å². The van der Waals surface area contributed by atoms with Gasteiger partial charge in [0.2, 0.25) is 0 Å². The first-order chi connectivity index (χ1) is 8.77. The van der Waals surface area contributed by atoms with Gasteiger partial charge in [0.25, 0.3) is 0 Å². The molecule has 0 fully saturated rings. The van der Waals surface area contributed by atoms with Crippen molar-refractivity contribution < 1.29 is 0 Å². The maximum atomic E-state index is 2.32. The summed E-state index contributed by atoms with van der Waals surface area (Å²) in [5, 5.41) is 0. The van der Waals surface area contributed by atoms with E-state index in [2.05, 4.69) is 102 Å². The molecule has 18 heavy (non-hydrogen) atoms. The topological polar surface area (TPSA) is 0 Å². The molecule has 2 bridgehead atoms. The molecule has 1 aromatic carbocycles. The summed E-state index contributed by atoms with van der Waals surface area (Å²) in [7, 11) is 0. The fourth-order valence-electron chi connectivity index (χ4n) is 1.77. The third-order valence-electron chi connectivity index (χ3n) is 2.81. The molecule has 1 heteroatoms. The van der Waals surface area contributed by atoms with Crippen LogP contribution < -0.4 is 0 Å². The minimum absolute atomic E-state index is 1.21. The van der Waals surface area contributed by atoms with Crippen molar-refractivity contribution in [2.75, 3.05) is 0 Å². The maximum absolute atomic E-state index is 2.32. The van der Waals surface area contributed by atoms with Gasteiger partial charge in [0.1, 0.15) is 0 Å². The van der Waals surface area contributed by atoms with Crippen LogP contribution in [0.5, 0.6) is 0 Å². The van der Waals surface area contributed by atoms with Gasteiger partial charge in [-0.1, -0.05) is 60.7 Å². The van der Waals surface area contributed by atoms with Gasteiger partial charge < -0.3 is 0 Å². The number of benzene rings is 1. The van der Waals surface area contributed by atoms with E-state index in [0.717, 1.165) is 0 Å². The van der Waals surface area contributed by atoms with E-state index in [-0.39, 0.29) is 0 Å². The first-order valence-electron chi connectivity index (χ1n) is 5.92. The van der Waals surface area contributed by atoms with Gasteiger partial charge in [-0.05, 0) is 58.4 Å². The van der Waals surface area contributed by atoms with Crippen molar-refractivity contribution in [2.45, 2.75) is 6.92 Å². The van der Waals surface area contributed by atoms with Gasteiger partial charge in [-0.2, -0.15) is 0 Å². The molecular weight excluding hydrogens is 331 g/mol. The molecule has 1 aromatic rings. The van der Waals surface area contributed by atoms with Gasteiger partial charge in [0, 0.05) is 3.58 Å². The summed E-state index contributed by atoms with van der Waals surface area (Å²) < 4.78 is 1.21. The van der Waals surface area contributed by atoms with Gasteiger partial charge in [0.05, 0.1) is 0 Å². The van der Waals surface area contributed by atoms with Crippen molar-refractivity contribution >= 4 is 34.7 Å². The van der Waals surface area contributed by atoms with E-state index in [4.69, 9.17) is 0 Å². The molecular formula is C17H15I. The molecule has 0 heterocycles. The SMILES string of the molecule is Cc1c2cccc1/C=C/C=C\C=C(I)\C=C\C=C2. The van der Waals surface area contributed by atoms with Crippen molar-refractivity contribution in [3.8, 4) is 0 Å². The molecule has 0 amide bonds. The van der Waals surface area contributed by atoms with Crippen LogP contribution in [0.3, 0.4) is 0 Å². The Hall–Kier alpha value is -1.35. The predicted molar refractivity (Wildman–Crippen MR) is 89.6 cm³/mol. The fraction of sp³-hybridized carbons (Fsp3) is 0.0588. The normalized spacial score (nSPS) is 22.9. The summed E-state index contributed by atoms with van der Waals surface area (Å²) in [6, 6.07) is 6.39. The lowest BCUT2D eigenvalue weighted by Gasteiger charge is -2.04. The van der Waals surface area contributed by atoms with Gasteiger partial charge >= 0.3 is 0 Å². The van der Waals surface area contributed by atoms with E-state index < -0.39 is 0 Å². The van der Waals surface area contributed by atoms with Crippen molar-refractivity contribution in [3.63, 3.8) is 0 Å². The molecule has 0 atom stereocenters. The van der Waals surface area contributed by atoms with E-state index in [9.17, 15) is 0 Å². The second-order valence-corrected chi connectivity index (χ2v) is 5.32. The van der Waals surface area contributed by atoms with Crippen LogP contribution in [0.25, 0.3) is 12.2 Å². The zero-order valence-corrected chi connectivity index (χ0v) is 12.5. The van der Waals surface area contributed by atoms with Crippen molar-refractivity contribution in [1.29, 1.82) is 0 Å². The van der Waals surface area contributed by atoms with Crippen LogP contribution in [-0.4, -0.2) is 0 Å². The third-order valence-corrected chi connectivity index (χ3v) is 3.53. The highest BCUT2D eigenvalue weighted by atomic mass is 127. The monoisotopic (exact) mass is 346 g/mol. The molecule has 90 valence electrons. The Morgan fingerprint density at radius 2 is 1.39 bits per heavy atom. The number of fused-ring (bicyclic) bond motifs is 2. The van der Waals surface area contributed by atoms with E-state index in [1.165, 1.54) is 20.3 Å². The highest BCUT2D eigenvalue weighted by molar-refractivity contribution is 14.1. The summed E-state index contributed by atoms with van der Waals surface area (Å²) >= 11 is 2.32. The lowest BCUT2D eigenvalue weighted by atomic mass is 10.0. The van der Waals surface area contributed by atoms with Gasteiger partial charge in [-0.15, -0.1) is 0 Å². The quantitative estimate of drug-likeness (QED) is 0.547. The van der Waals surface area contributed by atoms with Crippen molar-refractivity contribution in [2.24, 2.45) is 0 Å². The van der Waals surface area contributed by atoms with Gasteiger partial charge in [-0.3, -0.25) is 0 Å². The summed E-state index contributed by atoms with van der Waals surface area (Å²) in [5.74, 6) is 0. The van der Waals surface area contributed by atoms with E-state index in [0.29, 0.717) is 0 Å². The summed E-state index contributed by atoms with van der Waals surface area (Å²) in [4.78, 5) is 0. The molecule has 1 aliphatic rings. The van der Waals surface area contributed by atoms with Crippen LogP contribution in [0, 0.1) is 6.92 Å².